The maximum atomic E-state index is 12.1. The van der Waals surface area contributed by atoms with Crippen molar-refractivity contribution in [2.24, 2.45) is 11.8 Å². The second kappa shape index (κ2) is 15.9. The summed E-state index contributed by atoms with van der Waals surface area (Å²) in [7, 11) is -3.24. The number of rotatable bonds is 6. The third-order valence-corrected chi connectivity index (χ3v) is 8.42. The monoisotopic (exact) mass is 658 g/mol. The van der Waals surface area contributed by atoms with Gasteiger partial charge in [-0.3, -0.25) is 4.72 Å². The molecule has 2 aliphatic rings. The molecule has 2 fully saturated rings. The predicted octanol–water partition coefficient (Wildman–Crippen LogP) is 6.71. The number of nitrogens with one attached hydrogen (secondary N) is 1. The fourth-order valence-electron chi connectivity index (χ4n) is 5.54. The van der Waals surface area contributed by atoms with Gasteiger partial charge in [-0.15, -0.1) is 0 Å². The minimum absolute atomic E-state index is 0.187. The first-order valence-corrected chi connectivity index (χ1v) is 18.1. The minimum atomic E-state index is -3.24. The van der Waals surface area contributed by atoms with Gasteiger partial charge in [0.15, 0.2) is 0 Å². The van der Waals surface area contributed by atoms with Crippen LogP contribution in [0.25, 0.3) is 0 Å². The standard InChI is InChI=1S/C18H28N2O4S.C17H26N2O2/c1-18(2,3)24-17(21)20-11-9-15(10-12-20)13-14-5-7-16(8-6-14)19-25(4,22)23;1-17(2,3)21-16(20)19-10-8-14(9-11-19)12-13-4-6-15(18)7-5-13/h5-8,15,19H,9-13H2,1-4H3;4-7,14H,8-12,18H2,1-3H3. The van der Waals surface area contributed by atoms with Crippen molar-refractivity contribution in [1.82, 2.24) is 9.80 Å². The van der Waals surface area contributed by atoms with E-state index in [1.54, 1.807) is 17.0 Å². The number of carbonyl (C=O) groups excluding carboxylic acids is 2. The molecule has 46 heavy (non-hydrogen) atoms. The van der Waals surface area contributed by atoms with Crippen molar-refractivity contribution >= 4 is 33.6 Å². The Bertz CT molecular complexity index is 1370. The molecule has 0 aliphatic carbocycles. The topological polar surface area (TPSA) is 131 Å². The number of ether oxygens (including phenoxy) is 2. The van der Waals surface area contributed by atoms with Crippen LogP contribution in [0.4, 0.5) is 21.0 Å². The number of benzene rings is 2. The van der Waals surface area contributed by atoms with E-state index >= 15 is 0 Å². The Morgan fingerprint density at radius 2 is 1.07 bits per heavy atom. The molecular formula is C35H54N4O6S. The predicted molar refractivity (Wildman–Crippen MR) is 184 cm³/mol. The SMILES string of the molecule is CC(C)(C)OC(=O)N1CCC(Cc2ccc(N)cc2)CC1.CC(C)(C)OC(=O)N1CCC(Cc2ccc(NS(C)(=O)=O)cc2)CC1. The molecule has 0 unspecified atom stereocenters. The maximum absolute atomic E-state index is 12.1. The molecule has 3 N–H and O–H groups in total. The quantitative estimate of drug-likeness (QED) is 0.330. The number of nitrogen functional groups attached to an aromatic ring is 1. The second-order valence-corrected chi connectivity index (χ2v) is 16.3. The van der Waals surface area contributed by atoms with E-state index in [1.165, 1.54) is 11.1 Å². The summed E-state index contributed by atoms with van der Waals surface area (Å²) in [5.74, 6) is 1.15. The van der Waals surface area contributed by atoms with Gasteiger partial charge in [-0.25, -0.2) is 18.0 Å². The molecule has 0 radical (unpaired) electrons. The van der Waals surface area contributed by atoms with Crippen LogP contribution < -0.4 is 10.5 Å². The Hall–Kier alpha value is -3.47. The lowest BCUT2D eigenvalue weighted by molar-refractivity contribution is 0.0174. The van der Waals surface area contributed by atoms with Crippen LogP contribution in [0, 0.1) is 11.8 Å². The van der Waals surface area contributed by atoms with Gasteiger partial charge in [-0.2, -0.15) is 0 Å². The number of sulfonamides is 1. The van der Waals surface area contributed by atoms with E-state index in [1.807, 2.05) is 70.7 Å². The minimum Gasteiger partial charge on any atom is -0.444 e. The van der Waals surface area contributed by atoms with Crippen LogP contribution in [0.1, 0.15) is 78.4 Å². The summed E-state index contributed by atoms with van der Waals surface area (Å²) in [6, 6.07) is 15.6. The Morgan fingerprint density at radius 1 is 0.717 bits per heavy atom. The first-order chi connectivity index (χ1) is 21.3. The van der Waals surface area contributed by atoms with E-state index < -0.39 is 21.2 Å². The van der Waals surface area contributed by atoms with Gasteiger partial charge in [0.05, 0.1) is 6.26 Å². The molecule has 4 rings (SSSR count). The fraction of sp³-hybridized carbons (Fsp3) is 0.600. The Balaban J connectivity index is 0.000000254. The first kappa shape index (κ1) is 37.0. The van der Waals surface area contributed by atoms with Crippen molar-refractivity contribution in [2.75, 3.05) is 42.9 Å². The van der Waals surface area contributed by atoms with Gasteiger partial charge in [0, 0.05) is 37.6 Å². The molecule has 0 saturated carbocycles. The zero-order valence-electron chi connectivity index (χ0n) is 28.7. The summed E-state index contributed by atoms with van der Waals surface area (Å²) in [4.78, 5) is 27.7. The number of amides is 2. The van der Waals surface area contributed by atoms with Crippen molar-refractivity contribution in [2.45, 2.75) is 91.3 Å². The van der Waals surface area contributed by atoms with Crippen LogP contribution in [-0.2, 0) is 32.3 Å². The number of nitrogens with zero attached hydrogens (tertiary/aromatic N) is 2. The van der Waals surface area contributed by atoms with Crippen LogP contribution in [-0.4, -0.2) is 74.0 Å². The molecule has 2 aromatic carbocycles. The highest BCUT2D eigenvalue weighted by Crippen LogP contribution is 2.25. The average Bonchev–Trinajstić information content (AvgIpc) is 2.94. The molecule has 0 aromatic heterocycles. The third kappa shape index (κ3) is 13.9. The number of piperidine rings is 2. The number of carbonyl (C=O) groups is 2. The molecule has 2 aromatic rings. The van der Waals surface area contributed by atoms with E-state index in [0.717, 1.165) is 63.6 Å². The molecule has 11 heteroatoms. The summed E-state index contributed by atoms with van der Waals surface area (Å²) in [5, 5.41) is 0. The highest BCUT2D eigenvalue weighted by molar-refractivity contribution is 7.92. The molecule has 2 saturated heterocycles. The number of anilines is 2. The number of hydrogen-bond acceptors (Lipinski definition) is 7. The maximum Gasteiger partial charge on any atom is 0.410 e. The molecule has 2 heterocycles. The summed E-state index contributed by atoms with van der Waals surface area (Å²) in [6.45, 7) is 14.3. The summed E-state index contributed by atoms with van der Waals surface area (Å²) in [5.41, 5.74) is 8.70. The fourth-order valence-corrected chi connectivity index (χ4v) is 6.10. The van der Waals surface area contributed by atoms with Crippen molar-refractivity contribution in [3.05, 3.63) is 59.7 Å². The van der Waals surface area contributed by atoms with E-state index in [-0.39, 0.29) is 12.2 Å². The van der Waals surface area contributed by atoms with Crippen molar-refractivity contribution in [3.63, 3.8) is 0 Å². The van der Waals surface area contributed by atoms with Gasteiger partial charge in [0.2, 0.25) is 10.0 Å². The van der Waals surface area contributed by atoms with Gasteiger partial charge in [-0.1, -0.05) is 24.3 Å². The lowest BCUT2D eigenvalue weighted by Gasteiger charge is -2.33. The first-order valence-electron chi connectivity index (χ1n) is 16.2. The molecule has 2 aliphatic heterocycles. The van der Waals surface area contributed by atoms with Crippen molar-refractivity contribution in [3.8, 4) is 0 Å². The Morgan fingerprint density at radius 3 is 1.39 bits per heavy atom. The third-order valence-electron chi connectivity index (χ3n) is 7.82. The van der Waals surface area contributed by atoms with Crippen molar-refractivity contribution in [1.29, 1.82) is 0 Å². The molecule has 256 valence electrons. The summed E-state index contributed by atoms with van der Waals surface area (Å²) in [6.07, 6.45) is 6.66. The molecule has 0 bridgehead atoms. The van der Waals surface area contributed by atoms with Crippen LogP contribution in [0.15, 0.2) is 48.5 Å². The van der Waals surface area contributed by atoms with Crippen LogP contribution >= 0.6 is 0 Å². The smallest absolute Gasteiger partial charge is 0.410 e. The van der Waals surface area contributed by atoms with Gasteiger partial charge in [0.1, 0.15) is 11.2 Å². The molecule has 2 amide bonds. The molecule has 10 nitrogen and oxygen atoms in total. The molecule has 0 atom stereocenters. The van der Waals surface area contributed by atoms with Gasteiger partial charge < -0.3 is 25.0 Å². The van der Waals surface area contributed by atoms with E-state index in [2.05, 4.69) is 16.9 Å². The van der Waals surface area contributed by atoms with Crippen molar-refractivity contribution < 1.29 is 27.5 Å². The van der Waals surface area contributed by atoms with E-state index in [0.29, 0.717) is 30.6 Å². The van der Waals surface area contributed by atoms with E-state index in [4.69, 9.17) is 15.2 Å². The lowest BCUT2D eigenvalue weighted by Crippen LogP contribution is -2.42. The van der Waals surface area contributed by atoms with Gasteiger partial charge in [-0.05, 0) is 127 Å². The van der Waals surface area contributed by atoms with Crippen LogP contribution in [0.3, 0.4) is 0 Å². The summed E-state index contributed by atoms with van der Waals surface area (Å²) >= 11 is 0. The zero-order chi connectivity index (χ0) is 34.1. The molecule has 0 spiro atoms. The largest absolute Gasteiger partial charge is 0.444 e. The highest BCUT2D eigenvalue weighted by Gasteiger charge is 2.28. The normalized spacial score (nSPS) is 16.7. The average molecular weight is 659 g/mol. The van der Waals surface area contributed by atoms with E-state index in [9.17, 15) is 18.0 Å². The Kier molecular flexibility index (Phi) is 12.8. The van der Waals surface area contributed by atoms with Gasteiger partial charge >= 0.3 is 12.2 Å². The number of hydrogen-bond donors (Lipinski definition) is 2. The number of likely N-dealkylation sites (tertiary alicyclic amines) is 2. The van der Waals surface area contributed by atoms with Crippen LogP contribution in [0.5, 0.6) is 0 Å². The number of nitrogens with two attached hydrogens (primary N) is 1. The summed E-state index contributed by atoms with van der Waals surface area (Å²) < 4.78 is 35.7. The second-order valence-electron chi connectivity index (χ2n) is 14.5. The molecular weight excluding hydrogens is 604 g/mol. The zero-order valence-corrected chi connectivity index (χ0v) is 29.5. The van der Waals surface area contributed by atoms with Gasteiger partial charge in [0.25, 0.3) is 0 Å². The van der Waals surface area contributed by atoms with Crippen LogP contribution in [0.2, 0.25) is 0 Å². The Labute approximate surface area is 276 Å². The highest BCUT2D eigenvalue weighted by atomic mass is 32.2. The lowest BCUT2D eigenvalue weighted by atomic mass is 9.90.